The molecule has 22 heavy (non-hydrogen) atoms. The van der Waals surface area contributed by atoms with Gasteiger partial charge < -0.3 is 10.4 Å². The number of benzene rings is 1. The molecule has 1 aromatic carbocycles. The Kier molecular flexibility index (Phi) is 2.61. The predicted molar refractivity (Wildman–Crippen MR) is 87.9 cm³/mol. The quantitative estimate of drug-likeness (QED) is 0.781. The molecule has 2 N–H and O–H groups in total. The van der Waals surface area contributed by atoms with E-state index in [9.17, 15) is 5.11 Å². The third-order valence-electron chi connectivity index (χ3n) is 7.01. The van der Waals surface area contributed by atoms with Crippen LogP contribution in [0.25, 0.3) is 0 Å². The molecule has 5 atom stereocenters. The van der Waals surface area contributed by atoms with Crippen LogP contribution in [0.3, 0.4) is 0 Å². The zero-order chi connectivity index (χ0) is 14.9. The third-order valence-corrected chi connectivity index (χ3v) is 7.01. The summed E-state index contributed by atoms with van der Waals surface area (Å²) in [5.74, 6) is 0.893. The van der Waals surface area contributed by atoms with Gasteiger partial charge in [0.1, 0.15) is 0 Å². The Hall–Kier alpha value is -1.32. The van der Waals surface area contributed by atoms with Crippen LogP contribution in [-0.4, -0.2) is 41.8 Å². The molecule has 0 aromatic heterocycles. The Morgan fingerprint density at radius 2 is 2.27 bits per heavy atom. The second kappa shape index (κ2) is 4.36. The van der Waals surface area contributed by atoms with Gasteiger partial charge in [-0.15, -0.1) is 0 Å². The highest BCUT2D eigenvalue weighted by Crippen LogP contribution is 2.60. The third kappa shape index (κ3) is 1.35. The molecule has 1 aliphatic carbocycles. The first-order chi connectivity index (χ1) is 10.8. The maximum absolute atomic E-state index is 10.2. The van der Waals surface area contributed by atoms with Crippen molar-refractivity contribution in [3.63, 3.8) is 0 Å². The maximum Gasteiger partial charge on any atom is 0.0484 e. The van der Waals surface area contributed by atoms with E-state index in [1.165, 1.54) is 30.6 Å². The summed E-state index contributed by atoms with van der Waals surface area (Å²) in [5, 5.41) is 14.0. The van der Waals surface area contributed by atoms with Gasteiger partial charge in [-0.2, -0.15) is 0 Å². The van der Waals surface area contributed by atoms with Crippen molar-refractivity contribution in [3.8, 4) is 0 Å². The number of para-hydroxylation sites is 1. The summed E-state index contributed by atoms with van der Waals surface area (Å²) in [5.41, 5.74) is 4.58. The van der Waals surface area contributed by atoms with Gasteiger partial charge in [0.25, 0.3) is 0 Å². The second-order valence-corrected chi connectivity index (χ2v) is 7.50. The van der Waals surface area contributed by atoms with E-state index < -0.39 is 0 Å². The van der Waals surface area contributed by atoms with Crippen LogP contribution in [0.2, 0.25) is 0 Å². The summed E-state index contributed by atoms with van der Waals surface area (Å²) in [6, 6.07) is 9.89. The van der Waals surface area contributed by atoms with E-state index in [1.54, 1.807) is 5.57 Å². The molecule has 4 aliphatic rings. The largest absolute Gasteiger partial charge is 0.396 e. The number of hydrogen-bond acceptors (Lipinski definition) is 3. The molecule has 0 unspecified atom stereocenters. The van der Waals surface area contributed by atoms with Crippen molar-refractivity contribution in [1.82, 2.24) is 4.90 Å². The lowest BCUT2D eigenvalue weighted by atomic mass is 9.56. The monoisotopic (exact) mass is 296 g/mol. The topological polar surface area (TPSA) is 35.5 Å². The van der Waals surface area contributed by atoms with Gasteiger partial charge in [-0.3, -0.25) is 4.90 Å². The Balaban J connectivity index is 1.71. The van der Waals surface area contributed by atoms with Crippen molar-refractivity contribution in [2.24, 2.45) is 11.8 Å². The van der Waals surface area contributed by atoms with Gasteiger partial charge in [0.05, 0.1) is 0 Å². The number of allylic oxidation sites excluding steroid dienone is 1. The number of hydrogen-bond donors (Lipinski definition) is 2. The SMILES string of the molecule is C/C=C1/CN2CC[C@]34c5ccccc5N[C@H]3[C@H](CO)[C@H]1C[C@H]24. The number of aliphatic hydroxyl groups excluding tert-OH is 1. The van der Waals surface area contributed by atoms with Crippen molar-refractivity contribution >= 4 is 5.69 Å². The van der Waals surface area contributed by atoms with Gasteiger partial charge in [0, 0.05) is 42.3 Å². The van der Waals surface area contributed by atoms with E-state index in [2.05, 4.69) is 47.5 Å². The van der Waals surface area contributed by atoms with E-state index in [-0.39, 0.29) is 5.41 Å². The van der Waals surface area contributed by atoms with E-state index in [0.29, 0.717) is 30.5 Å². The molecule has 116 valence electrons. The van der Waals surface area contributed by atoms with E-state index in [4.69, 9.17) is 0 Å². The summed E-state index contributed by atoms with van der Waals surface area (Å²) in [4.78, 5) is 2.70. The molecule has 5 rings (SSSR count). The number of fused-ring (bicyclic) bond motifs is 2. The van der Waals surface area contributed by atoms with Crippen LogP contribution in [0.1, 0.15) is 25.3 Å². The van der Waals surface area contributed by atoms with Crippen LogP contribution in [-0.2, 0) is 5.41 Å². The molecular weight excluding hydrogens is 272 g/mol. The van der Waals surface area contributed by atoms with Gasteiger partial charge in [-0.1, -0.05) is 29.8 Å². The number of rotatable bonds is 1. The highest BCUT2D eigenvalue weighted by molar-refractivity contribution is 5.65. The smallest absolute Gasteiger partial charge is 0.0484 e. The fourth-order valence-electron chi connectivity index (χ4n) is 6.13. The molecule has 1 spiro atoms. The Labute approximate surface area is 132 Å². The van der Waals surface area contributed by atoms with Crippen molar-refractivity contribution in [3.05, 3.63) is 41.5 Å². The fourth-order valence-corrected chi connectivity index (χ4v) is 6.13. The molecule has 3 heterocycles. The van der Waals surface area contributed by atoms with Crippen molar-refractivity contribution < 1.29 is 5.11 Å². The highest BCUT2D eigenvalue weighted by Gasteiger charge is 2.64. The van der Waals surface area contributed by atoms with Gasteiger partial charge in [-0.05, 0) is 43.9 Å². The molecule has 3 aliphatic heterocycles. The Morgan fingerprint density at radius 1 is 1.41 bits per heavy atom. The molecule has 2 saturated heterocycles. The predicted octanol–water partition coefficient (Wildman–Crippen LogP) is 2.38. The van der Waals surface area contributed by atoms with E-state index in [1.807, 2.05) is 0 Å². The molecule has 3 heteroatoms. The number of piperidine rings is 1. The lowest BCUT2D eigenvalue weighted by molar-refractivity contribution is 0.0298. The van der Waals surface area contributed by atoms with E-state index in [0.717, 1.165) is 6.54 Å². The van der Waals surface area contributed by atoms with Crippen molar-refractivity contribution in [2.45, 2.75) is 37.3 Å². The number of anilines is 1. The van der Waals surface area contributed by atoms with Crippen molar-refractivity contribution in [1.29, 1.82) is 0 Å². The van der Waals surface area contributed by atoms with Gasteiger partial charge in [0.2, 0.25) is 0 Å². The van der Waals surface area contributed by atoms with Crippen molar-refractivity contribution in [2.75, 3.05) is 25.0 Å². The number of nitrogens with zero attached hydrogens (tertiary/aromatic N) is 1. The standard InChI is InChI=1S/C19H24N2O/c1-2-12-10-21-8-7-19-15-5-3-4-6-16(15)20-18(19)14(11-22)13(12)9-17(19)21/h2-6,13-14,17-18,20,22H,7-11H2,1H3/b12-2-/t13-,14+,17-,18-,19+/m0/s1. The average Bonchev–Trinajstić information content (AvgIpc) is 3.11. The molecule has 1 saturated carbocycles. The average molecular weight is 296 g/mol. The fraction of sp³-hybridized carbons (Fsp3) is 0.579. The van der Waals surface area contributed by atoms with Crippen LogP contribution >= 0.6 is 0 Å². The van der Waals surface area contributed by atoms with E-state index >= 15 is 0 Å². The Bertz CT molecular complexity index is 655. The molecule has 3 fully saturated rings. The first-order valence-electron chi connectivity index (χ1n) is 8.65. The molecule has 0 radical (unpaired) electrons. The van der Waals surface area contributed by atoms with Crippen LogP contribution in [0.4, 0.5) is 5.69 Å². The normalized spacial score (nSPS) is 43.8. The lowest BCUT2D eigenvalue weighted by Crippen LogP contribution is -2.62. The van der Waals surface area contributed by atoms with Crippen LogP contribution < -0.4 is 5.32 Å². The minimum Gasteiger partial charge on any atom is -0.396 e. The van der Waals surface area contributed by atoms with Crippen LogP contribution in [0.5, 0.6) is 0 Å². The molecular formula is C19H24N2O. The minimum absolute atomic E-state index is 0.222. The summed E-state index contributed by atoms with van der Waals surface area (Å²) in [6.45, 7) is 4.76. The maximum atomic E-state index is 10.2. The second-order valence-electron chi connectivity index (χ2n) is 7.50. The van der Waals surface area contributed by atoms with Gasteiger partial charge >= 0.3 is 0 Å². The molecule has 2 bridgehead atoms. The summed E-state index contributed by atoms with van der Waals surface area (Å²) >= 11 is 0. The highest BCUT2D eigenvalue weighted by atomic mass is 16.3. The van der Waals surface area contributed by atoms with Gasteiger partial charge in [0.15, 0.2) is 0 Å². The summed E-state index contributed by atoms with van der Waals surface area (Å²) in [7, 11) is 0. The first kappa shape index (κ1) is 13.1. The van der Waals surface area contributed by atoms with Crippen LogP contribution in [0.15, 0.2) is 35.9 Å². The lowest BCUT2D eigenvalue weighted by Gasteiger charge is -2.54. The Morgan fingerprint density at radius 3 is 3.09 bits per heavy atom. The van der Waals surface area contributed by atoms with Crippen LogP contribution in [0, 0.1) is 11.8 Å². The summed E-state index contributed by atoms with van der Waals surface area (Å²) in [6.07, 6.45) is 4.75. The summed E-state index contributed by atoms with van der Waals surface area (Å²) < 4.78 is 0. The zero-order valence-electron chi connectivity index (χ0n) is 13.1. The molecule has 0 amide bonds. The molecule has 3 nitrogen and oxygen atoms in total. The minimum atomic E-state index is 0.222. The molecule has 1 aromatic rings. The van der Waals surface area contributed by atoms with Gasteiger partial charge in [-0.25, -0.2) is 0 Å². The first-order valence-corrected chi connectivity index (χ1v) is 8.65. The number of aliphatic hydroxyl groups is 1. The number of nitrogens with one attached hydrogen (secondary N) is 1. The zero-order valence-corrected chi connectivity index (χ0v) is 13.1.